The van der Waals surface area contributed by atoms with Crippen molar-refractivity contribution in [3.63, 3.8) is 0 Å². The first-order chi connectivity index (χ1) is 9.55. The molecule has 1 aromatic rings. The lowest BCUT2D eigenvalue weighted by Gasteiger charge is -2.10. The van der Waals surface area contributed by atoms with Crippen molar-refractivity contribution in [1.82, 2.24) is 10.6 Å². The number of urea groups is 1. The zero-order valence-electron chi connectivity index (χ0n) is 12.5. The van der Waals surface area contributed by atoms with E-state index in [2.05, 4.69) is 17.6 Å². The Labute approximate surface area is 120 Å². The summed E-state index contributed by atoms with van der Waals surface area (Å²) in [5.41, 5.74) is 1.25. The van der Waals surface area contributed by atoms with Gasteiger partial charge in [0.2, 0.25) is 6.54 Å². The predicted molar refractivity (Wildman–Crippen MR) is 77.1 cm³/mol. The molecule has 2 N–H and O–H groups in total. The van der Waals surface area contributed by atoms with E-state index in [9.17, 15) is 9.59 Å². The maximum atomic E-state index is 11.7. The van der Waals surface area contributed by atoms with Crippen LogP contribution in [0.3, 0.4) is 0 Å². The van der Waals surface area contributed by atoms with E-state index in [1.807, 2.05) is 38.4 Å². The number of hydrogen-bond donors (Lipinski definition) is 2. The Morgan fingerprint density at radius 3 is 2.45 bits per heavy atom. The molecule has 0 aliphatic rings. The molecule has 0 bridgehead atoms. The highest BCUT2D eigenvalue weighted by Gasteiger charge is 2.13. The lowest BCUT2D eigenvalue weighted by Crippen LogP contribution is -2.48. The second kappa shape index (κ2) is 8.30. The molecule has 0 aliphatic carbocycles. The molecule has 0 radical (unpaired) electrons. The summed E-state index contributed by atoms with van der Waals surface area (Å²) in [6.45, 7) is 6.14. The van der Waals surface area contributed by atoms with Crippen molar-refractivity contribution in [3.8, 4) is 0 Å². The molecular formula is C15H24N3O2+. The van der Waals surface area contributed by atoms with Crippen LogP contribution < -0.4 is 15.2 Å². The van der Waals surface area contributed by atoms with Gasteiger partial charge in [-0.3, -0.25) is 10.1 Å². The lowest BCUT2D eigenvalue weighted by atomic mass is 10.2. The number of carbonyl (C=O) groups excluding carboxylic acids is 2. The summed E-state index contributed by atoms with van der Waals surface area (Å²) in [5, 5.41) is 5.02. The fraction of sp³-hybridized carbons (Fsp3) is 0.533. The quantitative estimate of drug-likeness (QED) is 0.776. The lowest BCUT2D eigenvalue weighted by molar-refractivity contribution is -0.684. The van der Waals surface area contributed by atoms with Crippen LogP contribution in [0.25, 0.3) is 0 Å². The largest absolute Gasteiger partial charge is 0.335 e. The number of aromatic nitrogens is 1. The van der Waals surface area contributed by atoms with Gasteiger partial charge in [-0.15, -0.1) is 0 Å². The normalized spacial score (nSPS) is 11.8. The van der Waals surface area contributed by atoms with Gasteiger partial charge in [-0.1, -0.05) is 20.3 Å². The first kappa shape index (κ1) is 16.1. The highest BCUT2D eigenvalue weighted by Crippen LogP contribution is 1.98. The van der Waals surface area contributed by atoms with Crippen molar-refractivity contribution >= 4 is 11.9 Å². The van der Waals surface area contributed by atoms with Gasteiger partial charge in [-0.2, -0.15) is 4.57 Å². The number of carbonyl (C=O) groups is 2. The van der Waals surface area contributed by atoms with Gasteiger partial charge in [-0.05, 0) is 25.3 Å². The Hall–Kier alpha value is -1.91. The van der Waals surface area contributed by atoms with Gasteiger partial charge in [-0.25, -0.2) is 4.79 Å². The molecule has 1 aromatic heterocycles. The van der Waals surface area contributed by atoms with Crippen LogP contribution in [0.15, 0.2) is 24.5 Å². The van der Waals surface area contributed by atoms with E-state index in [4.69, 9.17) is 0 Å². The van der Waals surface area contributed by atoms with E-state index in [0.29, 0.717) is 0 Å². The molecule has 20 heavy (non-hydrogen) atoms. The zero-order chi connectivity index (χ0) is 15.0. The van der Waals surface area contributed by atoms with Crippen LogP contribution in [0.4, 0.5) is 4.79 Å². The second-order valence-electron chi connectivity index (χ2n) is 4.96. The molecule has 1 heterocycles. The molecule has 110 valence electrons. The van der Waals surface area contributed by atoms with Crippen molar-refractivity contribution in [2.75, 3.05) is 0 Å². The SMILES string of the molecule is CCCc1cc[n+](CC(=O)NC(=O)N[C@@H](C)CC)cc1. The van der Waals surface area contributed by atoms with Crippen LogP contribution >= 0.6 is 0 Å². The van der Waals surface area contributed by atoms with Gasteiger partial charge in [0.05, 0.1) is 0 Å². The van der Waals surface area contributed by atoms with Gasteiger partial charge in [0.1, 0.15) is 0 Å². The van der Waals surface area contributed by atoms with Crippen LogP contribution in [0.1, 0.15) is 39.2 Å². The van der Waals surface area contributed by atoms with Gasteiger partial charge >= 0.3 is 6.03 Å². The van der Waals surface area contributed by atoms with Crippen molar-refractivity contribution in [2.45, 2.75) is 52.6 Å². The number of hydrogen-bond acceptors (Lipinski definition) is 2. The highest BCUT2D eigenvalue weighted by molar-refractivity contribution is 5.93. The molecule has 3 amide bonds. The van der Waals surface area contributed by atoms with E-state index in [1.54, 1.807) is 4.57 Å². The average Bonchev–Trinajstić information content (AvgIpc) is 2.40. The highest BCUT2D eigenvalue weighted by atomic mass is 16.2. The van der Waals surface area contributed by atoms with E-state index < -0.39 is 6.03 Å². The third kappa shape index (κ3) is 5.82. The van der Waals surface area contributed by atoms with Crippen molar-refractivity contribution in [1.29, 1.82) is 0 Å². The van der Waals surface area contributed by atoms with E-state index in [0.717, 1.165) is 19.3 Å². The summed E-state index contributed by atoms with van der Waals surface area (Å²) in [4.78, 5) is 23.2. The summed E-state index contributed by atoms with van der Waals surface area (Å²) >= 11 is 0. The predicted octanol–water partition coefficient (Wildman–Crippen LogP) is 1.55. The van der Waals surface area contributed by atoms with Crippen molar-refractivity contribution < 1.29 is 14.2 Å². The molecule has 0 saturated heterocycles. The standard InChI is InChI=1S/C15H23N3O2/c1-4-6-13-7-9-18(10-8-13)11-14(19)17-15(20)16-12(3)5-2/h7-10,12H,4-6,11H2,1-3H3,(H-,16,17,19,20)/p+1/t12-/m0/s1. The molecule has 0 aliphatic heterocycles. The molecule has 0 fully saturated rings. The molecule has 0 aromatic carbocycles. The summed E-state index contributed by atoms with van der Waals surface area (Å²) in [7, 11) is 0. The number of nitrogens with zero attached hydrogens (tertiary/aromatic N) is 1. The minimum Gasteiger partial charge on any atom is -0.335 e. The molecule has 1 atom stereocenters. The van der Waals surface area contributed by atoms with E-state index in [-0.39, 0.29) is 18.5 Å². The maximum absolute atomic E-state index is 11.7. The molecule has 5 nitrogen and oxygen atoms in total. The Morgan fingerprint density at radius 1 is 1.25 bits per heavy atom. The Kier molecular flexibility index (Phi) is 6.70. The third-order valence-electron chi connectivity index (χ3n) is 3.07. The maximum Gasteiger partial charge on any atom is 0.321 e. The molecule has 0 unspecified atom stereocenters. The third-order valence-corrected chi connectivity index (χ3v) is 3.07. The Morgan fingerprint density at radius 2 is 1.90 bits per heavy atom. The summed E-state index contributed by atoms with van der Waals surface area (Å²) in [6.07, 6.45) is 6.67. The van der Waals surface area contributed by atoms with Crippen LogP contribution in [0.2, 0.25) is 0 Å². The Balaban J connectivity index is 2.43. The number of pyridine rings is 1. The van der Waals surface area contributed by atoms with Crippen molar-refractivity contribution in [3.05, 3.63) is 30.1 Å². The van der Waals surface area contributed by atoms with Crippen LogP contribution in [-0.4, -0.2) is 18.0 Å². The summed E-state index contributed by atoms with van der Waals surface area (Å²) < 4.78 is 1.75. The van der Waals surface area contributed by atoms with Gasteiger partial charge in [0.15, 0.2) is 12.4 Å². The monoisotopic (exact) mass is 278 g/mol. The van der Waals surface area contributed by atoms with E-state index in [1.165, 1.54) is 5.56 Å². The smallest absolute Gasteiger partial charge is 0.321 e. The summed E-state index contributed by atoms with van der Waals surface area (Å²) in [6, 6.07) is 3.61. The van der Waals surface area contributed by atoms with Gasteiger partial charge in [0, 0.05) is 18.2 Å². The van der Waals surface area contributed by atoms with E-state index >= 15 is 0 Å². The van der Waals surface area contributed by atoms with Crippen molar-refractivity contribution in [2.24, 2.45) is 0 Å². The van der Waals surface area contributed by atoms with Crippen LogP contribution in [-0.2, 0) is 17.8 Å². The number of aryl methyl sites for hydroxylation is 1. The second-order valence-corrected chi connectivity index (χ2v) is 4.96. The molecule has 1 rings (SSSR count). The minimum atomic E-state index is -0.437. The zero-order valence-corrected chi connectivity index (χ0v) is 12.5. The number of imide groups is 1. The average molecular weight is 278 g/mol. The Bertz CT molecular complexity index is 443. The fourth-order valence-electron chi connectivity index (χ4n) is 1.74. The fourth-order valence-corrected chi connectivity index (χ4v) is 1.74. The van der Waals surface area contributed by atoms with Gasteiger partial charge < -0.3 is 5.32 Å². The molecule has 0 saturated carbocycles. The van der Waals surface area contributed by atoms with Crippen LogP contribution in [0.5, 0.6) is 0 Å². The number of nitrogens with one attached hydrogen (secondary N) is 2. The number of amides is 3. The number of rotatable bonds is 6. The first-order valence-electron chi connectivity index (χ1n) is 7.13. The topological polar surface area (TPSA) is 62.1 Å². The van der Waals surface area contributed by atoms with Crippen LogP contribution in [0, 0.1) is 0 Å². The first-order valence-corrected chi connectivity index (χ1v) is 7.13. The van der Waals surface area contributed by atoms with Gasteiger partial charge in [0.25, 0.3) is 5.91 Å². The molecule has 0 spiro atoms. The molecule has 5 heteroatoms. The molecular weight excluding hydrogens is 254 g/mol. The summed E-state index contributed by atoms with van der Waals surface area (Å²) in [5.74, 6) is -0.320. The minimum absolute atomic E-state index is 0.0591.